The number of carbonyl (C=O) groups is 1. The Bertz CT molecular complexity index is 679. The van der Waals surface area contributed by atoms with Crippen molar-refractivity contribution in [3.63, 3.8) is 0 Å². The second-order valence-electron chi connectivity index (χ2n) is 5.59. The van der Waals surface area contributed by atoms with Gasteiger partial charge in [0, 0.05) is 6.54 Å². The van der Waals surface area contributed by atoms with Crippen LogP contribution in [-0.2, 0) is 0 Å². The number of hydrogen-bond donors (Lipinski definition) is 1. The molecule has 0 spiro atoms. The van der Waals surface area contributed by atoms with E-state index >= 15 is 0 Å². The van der Waals surface area contributed by atoms with E-state index in [2.05, 4.69) is 0 Å². The Kier molecular flexibility index (Phi) is 3.90. The quantitative estimate of drug-likeness (QED) is 0.946. The van der Waals surface area contributed by atoms with E-state index in [0.29, 0.717) is 24.3 Å². The highest BCUT2D eigenvalue weighted by atomic mass is 16.5. The number of aliphatic hydroxyl groups is 1. The van der Waals surface area contributed by atoms with Gasteiger partial charge in [-0.15, -0.1) is 0 Å². The van der Waals surface area contributed by atoms with Crippen molar-refractivity contribution in [2.24, 2.45) is 0 Å². The number of furan rings is 1. The normalized spacial score (nSPS) is 21.1. The van der Waals surface area contributed by atoms with Crippen molar-refractivity contribution in [3.05, 3.63) is 53.5 Å². The van der Waals surface area contributed by atoms with Crippen LogP contribution in [0.3, 0.4) is 0 Å². The Morgan fingerprint density at radius 2 is 2.23 bits per heavy atom. The van der Waals surface area contributed by atoms with Crippen LogP contribution in [0.25, 0.3) is 0 Å². The Morgan fingerprint density at radius 1 is 1.41 bits per heavy atom. The van der Waals surface area contributed by atoms with Crippen LogP contribution in [0.1, 0.15) is 34.1 Å². The first-order chi connectivity index (χ1) is 10.6. The van der Waals surface area contributed by atoms with E-state index < -0.39 is 6.10 Å². The van der Waals surface area contributed by atoms with Gasteiger partial charge in [0.25, 0.3) is 5.91 Å². The molecule has 0 saturated carbocycles. The molecule has 5 nitrogen and oxygen atoms in total. The third-order valence-corrected chi connectivity index (χ3v) is 4.00. The first kappa shape index (κ1) is 14.7. The fourth-order valence-corrected chi connectivity index (χ4v) is 2.92. The summed E-state index contributed by atoms with van der Waals surface area (Å²) < 4.78 is 10.5. The molecule has 1 saturated heterocycles. The highest BCUT2D eigenvalue weighted by molar-refractivity contribution is 5.94. The maximum absolute atomic E-state index is 12.7. The highest BCUT2D eigenvalue weighted by Crippen LogP contribution is 2.34. The minimum absolute atomic E-state index is 0.124. The standard InChI is InChI=1S/C17H19NO4/c1-11-6-13(10-22-11)17(20)18-9-14(19)8-16(18)12-4-3-5-15(7-12)21-2/h3-7,10,14,16,19H,8-9H2,1-2H3/t14-,16+/m1/s1. The van der Waals surface area contributed by atoms with Gasteiger partial charge in [0.15, 0.2) is 0 Å². The molecular weight excluding hydrogens is 282 g/mol. The average molecular weight is 301 g/mol. The van der Waals surface area contributed by atoms with Crippen molar-refractivity contribution in [1.82, 2.24) is 4.90 Å². The number of carbonyl (C=O) groups excluding carboxylic acids is 1. The summed E-state index contributed by atoms with van der Waals surface area (Å²) >= 11 is 0. The number of rotatable bonds is 3. The molecule has 1 aromatic carbocycles. The topological polar surface area (TPSA) is 62.9 Å². The van der Waals surface area contributed by atoms with Gasteiger partial charge in [-0.3, -0.25) is 4.79 Å². The number of β-amino-alcohol motifs (C(OH)–C–C–N with tert-alkyl or cyclic N) is 1. The number of hydrogen-bond acceptors (Lipinski definition) is 4. The van der Waals surface area contributed by atoms with Gasteiger partial charge in [-0.2, -0.15) is 0 Å². The van der Waals surface area contributed by atoms with Gasteiger partial charge in [0.2, 0.25) is 0 Å². The zero-order chi connectivity index (χ0) is 15.7. The van der Waals surface area contributed by atoms with E-state index in [4.69, 9.17) is 9.15 Å². The van der Waals surface area contributed by atoms with Crippen LogP contribution in [0.5, 0.6) is 5.75 Å². The number of aliphatic hydroxyl groups excluding tert-OH is 1. The minimum Gasteiger partial charge on any atom is -0.497 e. The van der Waals surface area contributed by atoms with Crippen molar-refractivity contribution >= 4 is 5.91 Å². The monoisotopic (exact) mass is 301 g/mol. The molecule has 1 aromatic heterocycles. The molecule has 2 aromatic rings. The molecule has 1 N–H and O–H groups in total. The highest BCUT2D eigenvalue weighted by Gasteiger charge is 2.36. The summed E-state index contributed by atoms with van der Waals surface area (Å²) in [6, 6.07) is 9.17. The average Bonchev–Trinajstić information content (AvgIpc) is 3.12. The van der Waals surface area contributed by atoms with Crippen LogP contribution in [0.4, 0.5) is 0 Å². The van der Waals surface area contributed by atoms with E-state index in [-0.39, 0.29) is 11.9 Å². The molecule has 1 aliphatic rings. The van der Waals surface area contributed by atoms with Crippen LogP contribution >= 0.6 is 0 Å². The van der Waals surface area contributed by atoms with Crippen molar-refractivity contribution in [3.8, 4) is 5.75 Å². The molecule has 2 atom stereocenters. The van der Waals surface area contributed by atoms with E-state index in [0.717, 1.165) is 11.3 Å². The fraction of sp³-hybridized carbons (Fsp3) is 0.353. The summed E-state index contributed by atoms with van der Waals surface area (Å²) in [5.41, 5.74) is 1.48. The van der Waals surface area contributed by atoms with Crippen LogP contribution in [0.15, 0.2) is 41.0 Å². The minimum atomic E-state index is -0.520. The molecule has 22 heavy (non-hydrogen) atoms. The van der Waals surface area contributed by atoms with Crippen molar-refractivity contribution < 1.29 is 19.1 Å². The Labute approximate surface area is 129 Å². The molecule has 2 heterocycles. The molecule has 0 radical (unpaired) electrons. The van der Waals surface area contributed by atoms with E-state index in [1.54, 1.807) is 25.0 Å². The lowest BCUT2D eigenvalue weighted by Crippen LogP contribution is -2.31. The molecule has 1 amide bonds. The third-order valence-electron chi connectivity index (χ3n) is 4.00. The fourth-order valence-electron chi connectivity index (χ4n) is 2.92. The maximum atomic E-state index is 12.7. The van der Waals surface area contributed by atoms with Gasteiger partial charge < -0.3 is 19.2 Å². The second kappa shape index (κ2) is 5.85. The van der Waals surface area contributed by atoms with Crippen molar-refractivity contribution in [1.29, 1.82) is 0 Å². The summed E-state index contributed by atoms with van der Waals surface area (Å²) in [6.07, 6.45) is 1.47. The number of ether oxygens (including phenoxy) is 1. The van der Waals surface area contributed by atoms with Gasteiger partial charge in [0.1, 0.15) is 17.8 Å². The number of nitrogens with zero attached hydrogens (tertiary/aromatic N) is 1. The first-order valence-corrected chi connectivity index (χ1v) is 7.26. The molecule has 3 rings (SSSR count). The van der Waals surface area contributed by atoms with Crippen LogP contribution in [0, 0.1) is 6.92 Å². The SMILES string of the molecule is COc1cccc([C@@H]2C[C@@H](O)CN2C(=O)c2coc(C)c2)c1. The number of methoxy groups -OCH3 is 1. The van der Waals surface area contributed by atoms with E-state index in [9.17, 15) is 9.90 Å². The Balaban J connectivity index is 1.90. The first-order valence-electron chi connectivity index (χ1n) is 7.26. The van der Waals surface area contributed by atoms with E-state index in [1.807, 2.05) is 24.3 Å². The summed E-state index contributed by atoms with van der Waals surface area (Å²) in [6.45, 7) is 2.13. The zero-order valence-electron chi connectivity index (χ0n) is 12.7. The zero-order valence-corrected chi connectivity index (χ0v) is 12.7. The number of benzene rings is 1. The lowest BCUT2D eigenvalue weighted by Gasteiger charge is -2.24. The molecule has 0 unspecified atom stereocenters. The Morgan fingerprint density at radius 3 is 2.91 bits per heavy atom. The predicted molar refractivity (Wildman–Crippen MR) is 80.8 cm³/mol. The summed E-state index contributed by atoms with van der Waals surface area (Å²) in [5, 5.41) is 10.0. The third kappa shape index (κ3) is 2.72. The molecule has 5 heteroatoms. The second-order valence-corrected chi connectivity index (χ2v) is 5.59. The van der Waals surface area contributed by atoms with Gasteiger partial charge in [-0.1, -0.05) is 12.1 Å². The van der Waals surface area contributed by atoms with Gasteiger partial charge in [0.05, 0.1) is 24.8 Å². The number of aryl methyl sites for hydroxylation is 1. The number of likely N-dealkylation sites (tertiary alicyclic amines) is 1. The van der Waals surface area contributed by atoms with Gasteiger partial charge >= 0.3 is 0 Å². The molecular formula is C17H19NO4. The largest absolute Gasteiger partial charge is 0.497 e. The van der Waals surface area contributed by atoms with Gasteiger partial charge in [-0.25, -0.2) is 0 Å². The lowest BCUT2D eigenvalue weighted by atomic mass is 10.0. The maximum Gasteiger partial charge on any atom is 0.257 e. The molecule has 1 aliphatic heterocycles. The molecule has 0 bridgehead atoms. The van der Waals surface area contributed by atoms with Crippen molar-refractivity contribution in [2.45, 2.75) is 25.5 Å². The summed E-state index contributed by atoms with van der Waals surface area (Å²) in [4.78, 5) is 14.4. The predicted octanol–water partition coefficient (Wildman–Crippen LogP) is 2.54. The molecule has 116 valence electrons. The smallest absolute Gasteiger partial charge is 0.257 e. The van der Waals surface area contributed by atoms with E-state index in [1.165, 1.54) is 6.26 Å². The Hall–Kier alpha value is -2.27. The number of amides is 1. The van der Waals surface area contributed by atoms with Crippen LogP contribution in [-0.4, -0.2) is 35.7 Å². The summed E-state index contributed by atoms with van der Waals surface area (Å²) in [7, 11) is 1.61. The summed E-state index contributed by atoms with van der Waals surface area (Å²) in [5.74, 6) is 1.31. The van der Waals surface area contributed by atoms with Crippen molar-refractivity contribution in [2.75, 3.05) is 13.7 Å². The lowest BCUT2D eigenvalue weighted by molar-refractivity contribution is 0.0715. The van der Waals surface area contributed by atoms with Gasteiger partial charge in [-0.05, 0) is 37.1 Å². The molecule has 1 fully saturated rings. The molecule has 0 aliphatic carbocycles. The van der Waals surface area contributed by atoms with Crippen LogP contribution in [0.2, 0.25) is 0 Å². The van der Waals surface area contributed by atoms with Crippen LogP contribution < -0.4 is 4.74 Å².